The van der Waals surface area contributed by atoms with Crippen molar-refractivity contribution in [2.75, 3.05) is 0 Å². The van der Waals surface area contributed by atoms with Gasteiger partial charge in [-0.25, -0.2) is 0 Å². The largest absolute Gasteiger partial charge is 0.280 e. The van der Waals surface area contributed by atoms with Gasteiger partial charge in [0.05, 0.1) is 6.04 Å². The van der Waals surface area contributed by atoms with Crippen molar-refractivity contribution in [1.82, 2.24) is 0 Å². The summed E-state index contributed by atoms with van der Waals surface area (Å²) >= 11 is 0. The molecule has 0 saturated heterocycles. The number of nitrogens with zero attached hydrogens (tertiary/aromatic N) is 1. The van der Waals surface area contributed by atoms with Crippen molar-refractivity contribution in [3.05, 3.63) is 162 Å². The van der Waals surface area contributed by atoms with Crippen molar-refractivity contribution in [2.24, 2.45) is 4.99 Å². The molecule has 0 amide bonds. The molecule has 0 aliphatic rings. The Morgan fingerprint density at radius 2 is 0.882 bits per heavy atom. The SMILES string of the molecule is C(=NC(c1ccccc1)c1ccccc1)c1ccccc1P(c1ccccc1)c1ccccc1. The van der Waals surface area contributed by atoms with Gasteiger partial charge in [-0.2, -0.15) is 0 Å². The molecular formula is C32H26NP. The van der Waals surface area contributed by atoms with Gasteiger partial charge >= 0.3 is 0 Å². The van der Waals surface area contributed by atoms with E-state index in [0.717, 1.165) is 5.56 Å². The van der Waals surface area contributed by atoms with E-state index >= 15 is 0 Å². The lowest BCUT2D eigenvalue weighted by atomic mass is 9.99. The van der Waals surface area contributed by atoms with Crippen LogP contribution in [0, 0.1) is 0 Å². The van der Waals surface area contributed by atoms with Gasteiger partial charge in [-0.05, 0) is 35.0 Å². The van der Waals surface area contributed by atoms with E-state index in [1.807, 2.05) is 0 Å². The third-order valence-corrected chi connectivity index (χ3v) is 8.32. The first-order valence-electron chi connectivity index (χ1n) is 11.5. The molecule has 0 aromatic heterocycles. The first-order chi connectivity index (χ1) is 16.9. The van der Waals surface area contributed by atoms with Crippen molar-refractivity contribution < 1.29 is 0 Å². The second kappa shape index (κ2) is 10.9. The first kappa shape index (κ1) is 22.0. The van der Waals surface area contributed by atoms with Crippen LogP contribution in [0.2, 0.25) is 0 Å². The zero-order valence-corrected chi connectivity index (χ0v) is 19.8. The minimum Gasteiger partial charge on any atom is -0.280 e. The molecule has 0 unspecified atom stereocenters. The highest BCUT2D eigenvalue weighted by Crippen LogP contribution is 2.34. The fourth-order valence-electron chi connectivity index (χ4n) is 4.17. The number of hydrogen-bond donors (Lipinski definition) is 0. The van der Waals surface area contributed by atoms with Gasteiger partial charge in [-0.1, -0.05) is 146 Å². The topological polar surface area (TPSA) is 12.4 Å². The molecule has 0 N–H and O–H groups in total. The van der Waals surface area contributed by atoms with Crippen molar-refractivity contribution in [1.29, 1.82) is 0 Å². The molecule has 2 heteroatoms. The summed E-state index contributed by atoms with van der Waals surface area (Å²) in [5.41, 5.74) is 3.55. The normalized spacial score (nSPS) is 11.4. The first-order valence-corrected chi connectivity index (χ1v) is 12.9. The predicted molar refractivity (Wildman–Crippen MR) is 147 cm³/mol. The van der Waals surface area contributed by atoms with E-state index in [9.17, 15) is 0 Å². The Bertz CT molecular complexity index is 1250. The number of aliphatic imine (C=N–C) groups is 1. The molecule has 0 bridgehead atoms. The summed E-state index contributed by atoms with van der Waals surface area (Å²) in [5.74, 6) is 0. The number of hydrogen-bond acceptors (Lipinski definition) is 1. The fourth-order valence-corrected chi connectivity index (χ4v) is 6.59. The van der Waals surface area contributed by atoms with Gasteiger partial charge in [0.1, 0.15) is 0 Å². The fraction of sp³-hybridized carbons (Fsp3) is 0.0312. The minimum atomic E-state index is -0.697. The quantitative estimate of drug-likeness (QED) is 0.192. The molecule has 0 radical (unpaired) electrons. The summed E-state index contributed by atoms with van der Waals surface area (Å²) in [6, 6.07) is 51.3. The molecule has 5 aromatic carbocycles. The Morgan fingerprint density at radius 1 is 0.471 bits per heavy atom. The van der Waals surface area contributed by atoms with Crippen LogP contribution in [0.3, 0.4) is 0 Å². The summed E-state index contributed by atoms with van der Waals surface area (Å²) in [6.07, 6.45) is 2.07. The van der Waals surface area contributed by atoms with Crippen LogP contribution in [0.4, 0.5) is 0 Å². The Balaban J connectivity index is 1.59. The molecule has 5 rings (SSSR count). The highest BCUT2D eigenvalue weighted by atomic mass is 31.1. The van der Waals surface area contributed by atoms with E-state index in [4.69, 9.17) is 4.99 Å². The maximum absolute atomic E-state index is 5.15. The van der Waals surface area contributed by atoms with Crippen LogP contribution >= 0.6 is 7.92 Å². The average molecular weight is 456 g/mol. The van der Waals surface area contributed by atoms with Gasteiger partial charge in [0.25, 0.3) is 0 Å². The Morgan fingerprint density at radius 3 is 1.38 bits per heavy atom. The van der Waals surface area contributed by atoms with E-state index in [-0.39, 0.29) is 6.04 Å². The molecule has 1 nitrogen and oxygen atoms in total. The Kier molecular flexibility index (Phi) is 7.04. The molecule has 164 valence electrons. The second-order valence-corrected chi connectivity index (χ2v) is 10.3. The molecule has 0 aliphatic heterocycles. The third-order valence-electron chi connectivity index (χ3n) is 5.80. The predicted octanol–water partition coefficient (Wildman–Crippen LogP) is 6.65. The molecule has 0 saturated carbocycles. The molecule has 0 heterocycles. The van der Waals surface area contributed by atoms with Gasteiger partial charge in [0, 0.05) is 11.8 Å². The molecule has 0 atom stereocenters. The third kappa shape index (κ3) is 5.06. The van der Waals surface area contributed by atoms with E-state index < -0.39 is 7.92 Å². The summed E-state index contributed by atoms with van der Waals surface area (Å²) in [7, 11) is -0.697. The lowest BCUT2D eigenvalue weighted by molar-refractivity contribution is 0.878. The van der Waals surface area contributed by atoms with Gasteiger partial charge < -0.3 is 0 Å². The highest BCUT2D eigenvalue weighted by Gasteiger charge is 2.19. The zero-order chi connectivity index (χ0) is 23.0. The maximum Gasteiger partial charge on any atom is 0.0999 e. The van der Waals surface area contributed by atoms with E-state index in [2.05, 4.69) is 152 Å². The van der Waals surface area contributed by atoms with Crippen LogP contribution in [0.5, 0.6) is 0 Å². The van der Waals surface area contributed by atoms with Gasteiger partial charge in [-0.15, -0.1) is 0 Å². The van der Waals surface area contributed by atoms with Crippen LogP contribution < -0.4 is 15.9 Å². The monoisotopic (exact) mass is 455 g/mol. The second-order valence-electron chi connectivity index (χ2n) is 8.07. The van der Waals surface area contributed by atoms with Crippen LogP contribution in [0.15, 0.2) is 151 Å². The lowest BCUT2D eigenvalue weighted by Crippen LogP contribution is -2.23. The van der Waals surface area contributed by atoms with Gasteiger partial charge in [0.15, 0.2) is 0 Å². The average Bonchev–Trinajstić information content (AvgIpc) is 2.92. The van der Waals surface area contributed by atoms with Crippen LogP contribution in [0.1, 0.15) is 22.7 Å². The molecule has 0 aliphatic carbocycles. The lowest BCUT2D eigenvalue weighted by Gasteiger charge is -2.21. The highest BCUT2D eigenvalue weighted by molar-refractivity contribution is 7.80. The Labute approximate surface area is 203 Å². The van der Waals surface area contributed by atoms with Crippen LogP contribution in [0.25, 0.3) is 0 Å². The smallest absolute Gasteiger partial charge is 0.0999 e. The summed E-state index contributed by atoms with van der Waals surface area (Å²) < 4.78 is 0. The maximum atomic E-state index is 5.15. The van der Waals surface area contributed by atoms with Crippen molar-refractivity contribution >= 4 is 30.0 Å². The van der Waals surface area contributed by atoms with Crippen molar-refractivity contribution in [3.63, 3.8) is 0 Å². The van der Waals surface area contributed by atoms with Crippen molar-refractivity contribution in [3.8, 4) is 0 Å². The van der Waals surface area contributed by atoms with Crippen LogP contribution in [-0.4, -0.2) is 6.21 Å². The van der Waals surface area contributed by atoms with E-state index in [1.165, 1.54) is 27.0 Å². The van der Waals surface area contributed by atoms with Crippen LogP contribution in [-0.2, 0) is 0 Å². The Hall–Kier alpha value is -3.80. The summed E-state index contributed by atoms with van der Waals surface area (Å²) in [6.45, 7) is 0. The zero-order valence-electron chi connectivity index (χ0n) is 18.9. The number of benzene rings is 5. The summed E-state index contributed by atoms with van der Waals surface area (Å²) in [4.78, 5) is 5.15. The molecular weight excluding hydrogens is 429 g/mol. The van der Waals surface area contributed by atoms with Gasteiger partial charge in [0.2, 0.25) is 0 Å². The molecule has 34 heavy (non-hydrogen) atoms. The number of rotatable bonds is 7. The van der Waals surface area contributed by atoms with E-state index in [1.54, 1.807) is 0 Å². The molecule has 0 fully saturated rings. The molecule has 0 spiro atoms. The standard InChI is InChI=1S/C32H26NP/c1-5-15-26(16-6-1)32(27-17-7-2-8-18-27)33-25-28-19-13-14-24-31(28)34(29-20-9-3-10-21-29)30-22-11-4-12-23-30/h1-25,32H. The molecule has 5 aromatic rings. The minimum absolute atomic E-state index is 0.0462. The van der Waals surface area contributed by atoms with E-state index in [0.29, 0.717) is 0 Å². The van der Waals surface area contributed by atoms with Crippen molar-refractivity contribution in [2.45, 2.75) is 6.04 Å². The van der Waals surface area contributed by atoms with Gasteiger partial charge in [-0.3, -0.25) is 4.99 Å². The summed E-state index contributed by atoms with van der Waals surface area (Å²) in [5, 5.41) is 4.00.